The zero-order chi connectivity index (χ0) is 13.6. The normalized spacial score (nSPS) is 10.8. The van der Waals surface area contributed by atoms with E-state index in [1.165, 1.54) is 0 Å². The molecule has 4 nitrogen and oxygen atoms in total. The summed E-state index contributed by atoms with van der Waals surface area (Å²) in [6, 6.07) is 12.0. The molecule has 1 aromatic carbocycles. The topological polar surface area (TPSA) is 47.3 Å². The van der Waals surface area contributed by atoms with Gasteiger partial charge < -0.3 is 14.5 Å². The molecule has 0 bridgehead atoms. The van der Waals surface area contributed by atoms with Crippen molar-refractivity contribution < 1.29 is 9.15 Å². The summed E-state index contributed by atoms with van der Waals surface area (Å²) in [6.07, 6.45) is 5.17. The van der Waals surface area contributed by atoms with E-state index in [-0.39, 0.29) is 0 Å². The number of benzene rings is 1. The summed E-state index contributed by atoms with van der Waals surface area (Å²) in [5.41, 5.74) is 2.12. The van der Waals surface area contributed by atoms with Crippen LogP contribution in [0, 0.1) is 0 Å². The molecule has 0 spiro atoms. The average molecular weight is 268 g/mol. The molecule has 0 aliphatic heterocycles. The lowest BCUT2D eigenvalue weighted by molar-refractivity contribution is 0.313. The molecule has 0 amide bonds. The van der Waals surface area contributed by atoms with Gasteiger partial charge in [-0.3, -0.25) is 4.98 Å². The lowest BCUT2D eigenvalue weighted by atomic mass is 10.2. The minimum absolute atomic E-state index is 0.609. The predicted octanol–water partition coefficient (Wildman–Crippen LogP) is 3.00. The van der Waals surface area contributed by atoms with E-state index in [1.807, 2.05) is 36.4 Å². The summed E-state index contributed by atoms with van der Waals surface area (Å²) < 4.78 is 10.7. The van der Waals surface area contributed by atoms with Crippen LogP contribution in [-0.2, 0) is 6.54 Å². The molecule has 4 heteroatoms. The Balaban J connectivity index is 1.47. The second-order valence-electron chi connectivity index (χ2n) is 4.52. The van der Waals surface area contributed by atoms with Crippen molar-refractivity contribution in [2.75, 3.05) is 13.2 Å². The van der Waals surface area contributed by atoms with E-state index in [1.54, 1.807) is 18.7 Å². The van der Waals surface area contributed by atoms with Crippen molar-refractivity contribution in [2.24, 2.45) is 0 Å². The maximum Gasteiger partial charge on any atom is 0.138 e. The lowest BCUT2D eigenvalue weighted by Crippen LogP contribution is -2.20. The molecule has 3 aromatic rings. The zero-order valence-electron chi connectivity index (χ0n) is 11.1. The summed E-state index contributed by atoms with van der Waals surface area (Å²) in [7, 11) is 0. The Hall–Kier alpha value is -2.33. The van der Waals surface area contributed by atoms with Gasteiger partial charge in [0, 0.05) is 24.0 Å². The van der Waals surface area contributed by atoms with Crippen LogP contribution in [0.4, 0.5) is 0 Å². The van der Waals surface area contributed by atoms with Crippen molar-refractivity contribution in [1.82, 2.24) is 10.3 Å². The molecule has 2 aromatic heterocycles. The third-order valence-corrected chi connectivity index (χ3v) is 3.02. The highest BCUT2D eigenvalue weighted by Gasteiger charge is 1.98. The summed E-state index contributed by atoms with van der Waals surface area (Å²) in [4.78, 5) is 4.36. The number of hydrogen-bond donors (Lipinski definition) is 1. The number of furan rings is 1. The van der Waals surface area contributed by atoms with Gasteiger partial charge in [-0.05, 0) is 18.2 Å². The molecule has 0 aliphatic rings. The summed E-state index contributed by atoms with van der Waals surface area (Å²) in [5, 5.41) is 4.38. The fourth-order valence-electron chi connectivity index (χ4n) is 2.00. The Kier molecular flexibility index (Phi) is 3.94. The van der Waals surface area contributed by atoms with Crippen LogP contribution in [0.2, 0.25) is 0 Å². The Morgan fingerprint density at radius 1 is 1.20 bits per heavy atom. The van der Waals surface area contributed by atoms with E-state index in [4.69, 9.17) is 9.15 Å². The average Bonchev–Trinajstić information content (AvgIpc) is 3.00. The maximum absolute atomic E-state index is 5.69. The van der Waals surface area contributed by atoms with E-state index in [9.17, 15) is 0 Å². The van der Waals surface area contributed by atoms with Crippen LogP contribution in [0.25, 0.3) is 10.9 Å². The summed E-state index contributed by atoms with van der Waals surface area (Å²) in [6.45, 7) is 2.17. The number of nitrogens with zero attached hydrogens (tertiary/aromatic N) is 1. The predicted molar refractivity (Wildman–Crippen MR) is 77.7 cm³/mol. The highest BCUT2D eigenvalue weighted by molar-refractivity contribution is 5.79. The number of para-hydroxylation sites is 1. The van der Waals surface area contributed by atoms with Gasteiger partial charge in [-0.1, -0.05) is 18.2 Å². The largest absolute Gasteiger partial charge is 0.491 e. The lowest BCUT2D eigenvalue weighted by Gasteiger charge is -2.07. The minimum atomic E-state index is 0.609. The SMILES string of the molecule is c1ccc2ncc(OCCNCc3ccoc3)cc2c1. The van der Waals surface area contributed by atoms with Crippen LogP contribution in [-0.4, -0.2) is 18.1 Å². The fourth-order valence-corrected chi connectivity index (χ4v) is 2.00. The van der Waals surface area contributed by atoms with Gasteiger partial charge in [-0.25, -0.2) is 0 Å². The van der Waals surface area contributed by atoms with Crippen molar-refractivity contribution in [3.63, 3.8) is 0 Å². The molecule has 0 unspecified atom stereocenters. The fraction of sp³-hybridized carbons (Fsp3) is 0.188. The molecule has 0 radical (unpaired) electrons. The Morgan fingerprint density at radius 2 is 2.15 bits per heavy atom. The molecule has 1 N–H and O–H groups in total. The van der Waals surface area contributed by atoms with Crippen molar-refractivity contribution >= 4 is 10.9 Å². The second kappa shape index (κ2) is 6.21. The first kappa shape index (κ1) is 12.7. The van der Waals surface area contributed by atoms with Crippen LogP contribution in [0.3, 0.4) is 0 Å². The van der Waals surface area contributed by atoms with Crippen molar-refractivity contribution in [3.05, 3.63) is 60.7 Å². The molecular weight excluding hydrogens is 252 g/mol. The first-order chi connectivity index (χ1) is 9.92. The van der Waals surface area contributed by atoms with Crippen LogP contribution >= 0.6 is 0 Å². The molecule has 102 valence electrons. The molecule has 2 heterocycles. The van der Waals surface area contributed by atoms with Gasteiger partial charge in [-0.2, -0.15) is 0 Å². The van der Waals surface area contributed by atoms with Gasteiger partial charge in [-0.15, -0.1) is 0 Å². The molecule has 0 saturated heterocycles. The molecule has 0 saturated carbocycles. The molecule has 0 aliphatic carbocycles. The number of rotatable bonds is 6. The van der Waals surface area contributed by atoms with Gasteiger partial charge in [0.05, 0.1) is 24.2 Å². The van der Waals surface area contributed by atoms with Crippen LogP contribution in [0.5, 0.6) is 5.75 Å². The van der Waals surface area contributed by atoms with Gasteiger partial charge in [0.25, 0.3) is 0 Å². The summed E-state index contributed by atoms with van der Waals surface area (Å²) >= 11 is 0. The zero-order valence-corrected chi connectivity index (χ0v) is 11.1. The first-order valence-electron chi connectivity index (χ1n) is 6.61. The van der Waals surface area contributed by atoms with Crippen LogP contribution < -0.4 is 10.1 Å². The molecule has 0 fully saturated rings. The monoisotopic (exact) mass is 268 g/mol. The number of pyridine rings is 1. The van der Waals surface area contributed by atoms with Crippen LogP contribution in [0.1, 0.15) is 5.56 Å². The van der Waals surface area contributed by atoms with E-state index in [0.29, 0.717) is 6.61 Å². The Bertz CT molecular complexity index is 665. The number of fused-ring (bicyclic) bond motifs is 1. The quantitative estimate of drug-likeness (QED) is 0.698. The van der Waals surface area contributed by atoms with E-state index in [0.717, 1.165) is 35.3 Å². The van der Waals surface area contributed by atoms with Crippen molar-refractivity contribution in [1.29, 1.82) is 0 Å². The number of aromatic nitrogens is 1. The number of ether oxygens (including phenoxy) is 1. The van der Waals surface area contributed by atoms with Gasteiger partial charge in [0.1, 0.15) is 12.4 Å². The van der Waals surface area contributed by atoms with Crippen molar-refractivity contribution in [2.45, 2.75) is 6.54 Å². The first-order valence-corrected chi connectivity index (χ1v) is 6.61. The summed E-state index contributed by atoms with van der Waals surface area (Å²) in [5.74, 6) is 0.800. The standard InChI is InChI=1S/C16H16N2O2/c1-2-4-16-14(3-1)9-15(11-18-16)20-8-6-17-10-13-5-7-19-12-13/h1-5,7,9,11-12,17H,6,8,10H2. The highest BCUT2D eigenvalue weighted by Crippen LogP contribution is 2.17. The highest BCUT2D eigenvalue weighted by atomic mass is 16.5. The molecular formula is C16H16N2O2. The van der Waals surface area contributed by atoms with Gasteiger partial charge in [0.2, 0.25) is 0 Å². The van der Waals surface area contributed by atoms with E-state index < -0.39 is 0 Å². The Morgan fingerprint density at radius 3 is 3.05 bits per heavy atom. The van der Waals surface area contributed by atoms with Crippen molar-refractivity contribution in [3.8, 4) is 5.75 Å². The third-order valence-electron chi connectivity index (χ3n) is 3.02. The van der Waals surface area contributed by atoms with Gasteiger partial charge >= 0.3 is 0 Å². The van der Waals surface area contributed by atoms with E-state index in [2.05, 4.69) is 10.3 Å². The Labute approximate surface area is 117 Å². The third kappa shape index (κ3) is 3.16. The maximum atomic E-state index is 5.69. The van der Waals surface area contributed by atoms with Gasteiger partial charge in [0.15, 0.2) is 0 Å². The number of nitrogens with one attached hydrogen (secondary N) is 1. The smallest absolute Gasteiger partial charge is 0.138 e. The second-order valence-corrected chi connectivity index (χ2v) is 4.52. The van der Waals surface area contributed by atoms with Crippen LogP contribution in [0.15, 0.2) is 59.5 Å². The van der Waals surface area contributed by atoms with E-state index >= 15 is 0 Å². The molecule has 3 rings (SSSR count). The molecule has 0 atom stereocenters. The molecule has 20 heavy (non-hydrogen) atoms. The number of hydrogen-bond acceptors (Lipinski definition) is 4. The minimum Gasteiger partial charge on any atom is -0.491 e.